The number of nitrogens with zero attached hydrogens (tertiary/aromatic N) is 1. The Morgan fingerprint density at radius 2 is 2.13 bits per heavy atom. The minimum absolute atomic E-state index is 0.0814. The summed E-state index contributed by atoms with van der Waals surface area (Å²) < 4.78 is 70.1. The Morgan fingerprint density at radius 3 is 2.70 bits per heavy atom. The standard InChI is InChI=1S/C19H21F3N2O4S2/c1-30(26,27)16-6-5-12(10-15(16)19(20,21)22)14(11-13-4-2-3-8-28-13)17(25)24-18-23-7-9-29-18/h5-7,9-10,13-14H,2-4,8,11H2,1H3,(H,23,24,25). The lowest BCUT2D eigenvalue weighted by molar-refractivity contribution is -0.140. The summed E-state index contributed by atoms with van der Waals surface area (Å²) in [6, 6.07) is 2.94. The van der Waals surface area contributed by atoms with Gasteiger partial charge in [-0.05, 0) is 43.4 Å². The molecule has 6 nitrogen and oxygen atoms in total. The molecule has 0 radical (unpaired) electrons. The molecule has 1 amide bonds. The number of rotatable bonds is 6. The lowest BCUT2D eigenvalue weighted by Crippen LogP contribution is -2.28. The van der Waals surface area contributed by atoms with E-state index in [9.17, 15) is 26.4 Å². The number of amides is 1. The average Bonchev–Trinajstić information content (AvgIpc) is 3.18. The average molecular weight is 463 g/mol. The van der Waals surface area contributed by atoms with Crippen LogP contribution in [0.1, 0.15) is 42.7 Å². The maximum absolute atomic E-state index is 13.6. The van der Waals surface area contributed by atoms with Crippen LogP contribution >= 0.6 is 11.3 Å². The van der Waals surface area contributed by atoms with Gasteiger partial charge in [0.1, 0.15) is 0 Å². The molecule has 1 aliphatic rings. The van der Waals surface area contributed by atoms with Gasteiger partial charge in [-0.15, -0.1) is 11.3 Å². The summed E-state index contributed by atoms with van der Waals surface area (Å²) in [5.41, 5.74) is -1.20. The zero-order valence-corrected chi connectivity index (χ0v) is 17.7. The van der Waals surface area contributed by atoms with E-state index in [2.05, 4.69) is 10.3 Å². The normalized spacial score (nSPS) is 18.7. The third kappa shape index (κ3) is 5.58. The second-order valence-electron chi connectivity index (χ2n) is 7.13. The van der Waals surface area contributed by atoms with E-state index < -0.39 is 38.3 Å². The van der Waals surface area contributed by atoms with Gasteiger partial charge in [-0.3, -0.25) is 4.79 Å². The molecule has 1 saturated heterocycles. The van der Waals surface area contributed by atoms with Crippen molar-refractivity contribution in [2.24, 2.45) is 0 Å². The highest BCUT2D eigenvalue weighted by Gasteiger charge is 2.38. The molecule has 2 unspecified atom stereocenters. The first-order chi connectivity index (χ1) is 14.1. The number of anilines is 1. The van der Waals surface area contributed by atoms with Crippen LogP contribution in [0.4, 0.5) is 18.3 Å². The molecular weight excluding hydrogens is 441 g/mol. The second-order valence-corrected chi connectivity index (χ2v) is 10.0. The van der Waals surface area contributed by atoms with Crippen molar-refractivity contribution in [2.45, 2.75) is 48.8 Å². The van der Waals surface area contributed by atoms with Crippen LogP contribution in [0.25, 0.3) is 0 Å². The fraction of sp³-hybridized carbons (Fsp3) is 0.474. The van der Waals surface area contributed by atoms with E-state index in [0.717, 1.165) is 31.2 Å². The molecule has 1 fully saturated rings. The maximum Gasteiger partial charge on any atom is 0.417 e. The summed E-state index contributed by atoms with van der Waals surface area (Å²) in [4.78, 5) is 16.1. The van der Waals surface area contributed by atoms with Crippen LogP contribution < -0.4 is 5.32 Å². The molecule has 0 saturated carbocycles. The van der Waals surface area contributed by atoms with Gasteiger partial charge in [0.25, 0.3) is 0 Å². The van der Waals surface area contributed by atoms with Crippen molar-refractivity contribution in [1.82, 2.24) is 4.98 Å². The first-order valence-electron chi connectivity index (χ1n) is 9.29. The zero-order valence-electron chi connectivity index (χ0n) is 16.1. The Hall–Kier alpha value is -1.98. The molecule has 3 rings (SSSR count). The number of hydrogen-bond donors (Lipinski definition) is 1. The topological polar surface area (TPSA) is 85.4 Å². The van der Waals surface area contributed by atoms with E-state index in [1.165, 1.54) is 23.6 Å². The van der Waals surface area contributed by atoms with Gasteiger partial charge in [0, 0.05) is 24.4 Å². The summed E-state index contributed by atoms with van der Waals surface area (Å²) in [6.45, 7) is 0.534. The Bertz CT molecular complexity index is 986. The number of aromatic nitrogens is 1. The molecule has 2 aromatic rings. The molecule has 1 N–H and O–H groups in total. The largest absolute Gasteiger partial charge is 0.417 e. The van der Waals surface area contributed by atoms with Gasteiger partial charge >= 0.3 is 6.18 Å². The lowest BCUT2D eigenvalue weighted by Gasteiger charge is -2.27. The van der Waals surface area contributed by atoms with Crippen LogP contribution in [0.5, 0.6) is 0 Å². The van der Waals surface area contributed by atoms with Crippen LogP contribution in [0.3, 0.4) is 0 Å². The number of sulfone groups is 1. The molecule has 1 aromatic carbocycles. The number of halogens is 3. The SMILES string of the molecule is CS(=O)(=O)c1ccc(C(CC2CCCCO2)C(=O)Nc2nccs2)cc1C(F)(F)F. The molecule has 11 heteroatoms. The van der Waals surface area contributed by atoms with E-state index in [1.807, 2.05) is 0 Å². The molecule has 0 bridgehead atoms. The van der Waals surface area contributed by atoms with Crippen molar-refractivity contribution in [3.05, 3.63) is 40.9 Å². The van der Waals surface area contributed by atoms with Crippen LogP contribution in [0.15, 0.2) is 34.7 Å². The number of benzene rings is 1. The van der Waals surface area contributed by atoms with Crippen molar-refractivity contribution < 1.29 is 31.1 Å². The highest BCUT2D eigenvalue weighted by Crippen LogP contribution is 2.37. The Balaban J connectivity index is 1.99. The van der Waals surface area contributed by atoms with E-state index in [-0.39, 0.29) is 18.1 Å². The first kappa shape index (κ1) is 22.7. The number of hydrogen-bond acceptors (Lipinski definition) is 6. The van der Waals surface area contributed by atoms with Gasteiger partial charge in [-0.25, -0.2) is 13.4 Å². The van der Waals surface area contributed by atoms with E-state index in [0.29, 0.717) is 18.2 Å². The number of ether oxygens (including phenoxy) is 1. The molecule has 0 aliphatic carbocycles. The minimum Gasteiger partial charge on any atom is -0.378 e. The molecule has 0 spiro atoms. The number of carbonyl (C=O) groups excluding carboxylic acids is 1. The Kier molecular flexibility index (Phi) is 6.83. The maximum atomic E-state index is 13.6. The quantitative estimate of drug-likeness (QED) is 0.694. The van der Waals surface area contributed by atoms with E-state index >= 15 is 0 Å². The predicted octanol–water partition coefficient (Wildman–Crippen LogP) is 4.25. The van der Waals surface area contributed by atoms with Gasteiger partial charge in [-0.1, -0.05) is 6.07 Å². The highest BCUT2D eigenvalue weighted by molar-refractivity contribution is 7.90. The van der Waals surface area contributed by atoms with Crippen molar-refractivity contribution in [2.75, 3.05) is 18.2 Å². The molecule has 1 aromatic heterocycles. The summed E-state index contributed by atoms with van der Waals surface area (Å²) in [5, 5.41) is 4.62. The molecule has 164 valence electrons. The van der Waals surface area contributed by atoms with E-state index in [4.69, 9.17) is 4.74 Å². The van der Waals surface area contributed by atoms with Crippen LogP contribution in [0.2, 0.25) is 0 Å². The highest BCUT2D eigenvalue weighted by atomic mass is 32.2. The van der Waals surface area contributed by atoms with Gasteiger partial charge in [0.2, 0.25) is 5.91 Å². The fourth-order valence-corrected chi connectivity index (χ4v) is 4.86. The number of nitrogens with one attached hydrogen (secondary N) is 1. The predicted molar refractivity (Wildman–Crippen MR) is 106 cm³/mol. The van der Waals surface area contributed by atoms with Gasteiger partial charge in [0.05, 0.1) is 22.5 Å². The molecule has 2 atom stereocenters. The first-order valence-corrected chi connectivity index (χ1v) is 12.1. The van der Waals surface area contributed by atoms with Crippen LogP contribution in [-0.4, -0.2) is 38.3 Å². The van der Waals surface area contributed by atoms with Crippen LogP contribution in [0, 0.1) is 0 Å². The Morgan fingerprint density at radius 1 is 1.37 bits per heavy atom. The zero-order chi connectivity index (χ0) is 21.9. The summed E-state index contributed by atoms with van der Waals surface area (Å²) >= 11 is 1.19. The van der Waals surface area contributed by atoms with Gasteiger partial charge < -0.3 is 10.1 Å². The monoisotopic (exact) mass is 462 g/mol. The lowest BCUT2D eigenvalue weighted by atomic mass is 9.89. The molecular formula is C19H21F3N2O4S2. The Labute approximate surface area is 176 Å². The second kappa shape index (κ2) is 9.03. The summed E-state index contributed by atoms with van der Waals surface area (Å²) in [7, 11) is -4.10. The van der Waals surface area contributed by atoms with Crippen molar-refractivity contribution >= 4 is 32.2 Å². The number of carbonyl (C=O) groups is 1. The summed E-state index contributed by atoms with van der Waals surface area (Å²) in [5.74, 6) is -1.47. The summed E-state index contributed by atoms with van der Waals surface area (Å²) in [6.07, 6.45) is -0.232. The molecule has 1 aliphatic heterocycles. The van der Waals surface area contributed by atoms with Crippen LogP contribution in [-0.2, 0) is 25.5 Å². The third-order valence-corrected chi connectivity index (χ3v) is 6.71. The number of thiazole rings is 1. The van der Waals surface area contributed by atoms with Gasteiger partial charge in [-0.2, -0.15) is 13.2 Å². The smallest absolute Gasteiger partial charge is 0.378 e. The van der Waals surface area contributed by atoms with Gasteiger partial charge in [0.15, 0.2) is 15.0 Å². The minimum atomic E-state index is -4.88. The molecule has 2 heterocycles. The third-order valence-electron chi connectivity index (χ3n) is 4.86. The van der Waals surface area contributed by atoms with E-state index in [1.54, 1.807) is 5.38 Å². The van der Waals surface area contributed by atoms with Crippen molar-refractivity contribution in [3.63, 3.8) is 0 Å². The molecule has 30 heavy (non-hydrogen) atoms. The fourth-order valence-electron chi connectivity index (χ4n) is 3.44. The van der Waals surface area contributed by atoms with Crippen molar-refractivity contribution in [1.29, 1.82) is 0 Å². The van der Waals surface area contributed by atoms with Crippen molar-refractivity contribution in [3.8, 4) is 0 Å². The number of alkyl halides is 3.